The van der Waals surface area contributed by atoms with Crippen molar-refractivity contribution in [3.05, 3.63) is 35.2 Å². The van der Waals surface area contributed by atoms with Crippen LogP contribution >= 0.6 is 11.3 Å². The van der Waals surface area contributed by atoms with E-state index in [1.165, 1.54) is 15.0 Å². The maximum Gasteiger partial charge on any atom is 0.154 e. The number of nitrogens with zero attached hydrogens (tertiary/aromatic N) is 1. The Kier molecular flexibility index (Phi) is 2.91. The van der Waals surface area contributed by atoms with Crippen LogP contribution in [-0.4, -0.2) is 37.4 Å². The first-order valence-corrected chi connectivity index (χ1v) is 9.56. The van der Waals surface area contributed by atoms with Crippen molar-refractivity contribution in [1.82, 2.24) is 4.90 Å². The first-order valence-electron chi connectivity index (χ1n) is 7.03. The number of rotatable bonds is 2. The van der Waals surface area contributed by atoms with Crippen LogP contribution in [0.1, 0.15) is 11.3 Å². The third-order valence-electron chi connectivity index (χ3n) is 4.55. The quantitative estimate of drug-likeness (QED) is 0.855. The van der Waals surface area contributed by atoms with Gasteiger partial charge in [-0.1, -0.05) is 18.2 Å². The van der Waals surface area contributed by atoms with Crippen LogP contribution in [0.2, 0.25) is 0 Å². The lowest BCUT2D eigenvalue weighted by molar-refractivity contribution is 0.317. The molecule has 2 aliphatic heterocycles. The number of benzene rings is 1. The molecule has 0 radical (unpaired) electrons. The van der Waals surface area contributed by atoms with Crippen molar-refractivity contribution in [2.75, 3.05) is 18.8 Å². The molecular weight excluding hydrogens is 290 g/mol. The van der Waals surface area contributed by atoms with E-state index in [0.29, 0.717) is 11.7 Å². The van der Waals surface area contributed by atoms with E-state index in [2.05, 4.69) is 35.2 Å². The molecule has 0 bridgehead atoms. The highest BCUT2D eigenvalue weighted by molar-refractivity contribution is 7.92. The molecule has 0 N–H and O–H groups in total. The second-order valence-corrected chi connectivity index (χ2v) is 9.41. The van der Waals surface area contributed by atoms with Crippen molar-refractivity contribution in [1.29, 1.82) is 0 Å². The number of sulfone groups is 1. The van der Waals surface area contributed by atoms with Gasteiger partial charge in [-0.15, -0.1) is 11.3 Å². The molecule has 1 aromatic heterocycles. The smallest absolute Gasteiger partial charge is 0.154 e. The van der Waals surface area contributed by atoms with Gasteiger partial charge < -0.3 is 0 Å². The van der Waals surface area contributed by atoms with Crippen molar-refractivity contribution in [2.24, 2.45) is 5.92 Å². The summed E-state index contributed by atoms with van der Waals surface area (Å²) in [6.07, 6.45) is 0.857. The second kappa shape index (κ2) is 4.55. The predicted octanol–water partition coefficient (Wildman–Crippen LogP) is 2.52. The molecule has 2 aromatic rings. The first-order chi connectivity index (χ1) is 9.62. The summed E-state index contributed by atoms with van der Waals surface area (Å²) in [5, 5.41) is 1.19. The zero-order valence-electron chi connectivity index (χ0n) is 11.2. The zero-order valence-corrected chi connectivity index (χ0v) is 12.8. The minimum Gasteiger partial charge on any atom is -0.297 e. The maximum atomic E-state index is 12.0. The lowest BCUT2D eigenvalue weighted by Crippen LogP contribution is -2.26. The number of thiophene rings is 1. The molecule has 3 nitrogen and oxygen atoms in total. The Labute approximate surface area is 123 Å². The second-order valence-electron chi connectivity index (χ2n) is 5.90. The van der Waals surface area contributed by atoms with E-state index in [9.17, 15) is 8.42 Å². The number of hydrogen-bond acceptors (Lipinski definition) is 4. The van der Waals surface area contributed by atoms with Gasteiger partial charge in [0.25, 0.3) is 0 Å². The van der Waals surface area contributed by atoms with Gasteiger partial charge in [0, 0.05) is 29.2 Å². The Bertz CT molecular complexity index is 717. The average Bonchev–Trinajstić information content (AvgIpc) is 3.05. The van der Waals surface area contributed by atoms with Gasteiger partial charge in [0.1, 0.15) is 0 Å². The lowest BCUT2D eigenvalue weighted by Gasteiger charge is -2.15. The average molecular weight is 307 g/mol. The highest BCUT2D eigenvalue weighted by atomic mass is 32.2. The van der Waals surface area contributed by atoms with Crippen molar-refractivity contribution >= 4 is 31.3 Å². The molecule has 3 heterocycles. The number of hydrogen-bond donors (Lipinski definition) is 0. The summed E-state index contributed by atoms with van der Waals surface area (Å²) in [5.74, 6) is 0.772. The fraction of sp³-hybridized carbons (Fsp3) is 0.467. The van der Waals surface area contributed by atoms with Gasteiger partial charge in [0.2, 0.25) is 0 Å². The lowest BCUT2D eigenvalue weighted by atomic mass is 10.1. The third kappa shape index (κ3) is 2.08. The summed E-state index contributed by atoms with van der Waals surface area (Å²) >= 11 is 1.82. The van der Waals surface area contributed by atoms with Crippen LogP contribution in [0.4, 0.5) is 0 Å². The normalized spacial score (nSPS) is 29.0. The van der Waals surface area contributed by atoms with E-state index in [1.807, 2.05) is 11.3 Å². The molecule has 106 valence electrons. The molecule has 0 spiro atoms. The first kappa shape index (κ1) is 12.8. The van der Waals surface area contributed by atoms with E-state index in [0.717, 1.165) is 26.1 Å². The molecule has 2 atom stereocenters. The van der Waals surface area contributed by atoms with Gasteiger partial charge in [0.05, 0.1) is 11.0 Å². The predicted molar refractivity (Wildman–Crippen MR) is 82.8 cm³/mol. The van der Waals surface area contributed by atoms with Gasteiger partial charge in [-0.05, 0) is 29.9 Å². The minimum atomic E-state index is -2.81. The fourth-order valence-corrected chi connectivity index (χ4v) is 6.83. The Morgan fingerprint density at radius 2 is 2.10 bits per heavy atom. The van der Waals surface area contributed by atoms with Crippen LogP contribution in [0.15, 0.2) is 30.3 Å². The van der Waals surface area contributed by atoms with E-state index in [1.54, 1.807) is 0 Å². The van der Waals surface area contributed by atoms with Crippen molar-refractivity contribution in [3.8, 4) is 0 Å². The topological polar surface area (TPSA) is 37.4 Å². The van der Waals surface area contributed by atoms with Crippen LogP contribution in [0.5, 0.6) is 0 Å². The molecule has 2 saturated heterocycles. The van der Waals surface area contributed by atoms with E-state index in [4.69, 9.17) is 0 Å². The van der Waals surface area contributed by atoms with Crippen molar-refractivity contribution < 1.29 is 8.42 Å². The fourth-order valence-electron chi connectivity index (χ4n) is 3.54. The SMILES string of the molecule is O=S1(=O)CC[C@H]2CN(Cc3cc4ccccc4s3)C[C@H]21. The van der Waals surface area contributed by atoms with Gasteiger partial charge in [-0.3, -0.25) is 4.90 Å². The minimum absolute atomic E-state index is 0.100. The molecule has 0 saturated carbocycles. The molecular formula is C15H17NO2S2. The van der Waals surface area contributed by atoms with E-state index in [-0.39, 0.29) is 5.25 Å². The molecule has 0 amide bonds. The Morgan fingerprint density at radius 1 is 1.25 bits per heavy atom. The van der Waals surface area contributed by atoms with E-state index < -0.39 is 9.84 Å². The van der Waals surface area contributed by atoms with Gasteiger partial charge in [-0.25, -0.2) is 8.42 Å². The van der Waals surface area contributed by atoms with Gasteiger partial charge in [0.15, 0.2) is 9.84 Å². The van der Waals surface area contributed by atoms with Crippen molar-refractivity contribution in [2.45, 2.75) is 18.2 Å². The molecule has 0 unspecified atom stereocenters. The highest BCUT2D eigenvalue weighted by Gasteiger charge is 2.45. The zero-order chi connectivity index (χ0) is 13.7. The highest BCUT2D eigenvalue weighted by Crippen LogP contribution is 2.35. The van der Waals surface area contributed by atoms with Crippen LogP contribution < -0.4 is 0 Å². The van der Waals surface area contributed by atoms with Gasteiger partial charge in [-0.2, -0.15) is 0 Å². The largest absolute Gasteiger partial charge is 0.297 e. The monoisotopic (exact) mass is 307 g/mol. The molecule has 1 aromatic carbocycles. The number of likely N-dealkylation sites (tertiary alicyclic amines) is 1. The molecule has 4 rings (SSSR count). The summed E-state index contributed by atoms with van der Waals surface area (Å²) in [6.45, 7) is 2.56. The molecule has 2 fully saturated rings. The number of fused-ring (bicyclic) bond motifs is 2. The molecule has 20 heavy (non-hydrogen) atoms. The summed E-state index contributed by atoms with van der Waals surface area (Å²) in [4.78, 5) is 3.65. The molecule has 5 heteroatoms. The Hall–Kier alpha value is -0.910. The van der Waals surface area contributed by atoms with Crippen LogP contribution in [-0.2, 0) is 16.4 Å². The summed E-state index contributed by atoms with van der Waals surface area (Å²) < 4.78 is 25.2. The third-order valence-corrected chi connectivity index (χ3v) is 7.91. The van der Waals surface area contributed by atoms with Crippen LogP contribution in [0.3, 0.4) is 0 Å². The van der Waals surface area contributed by atoms with Crippen LogP contribution in [0.25, 0.3) is 10.1 Å². The molecule has 2 aliphatic rings. The summed E-state index contributed by atoms with van der Waals surface area (Å²) in [6, 6.07) is 10.6. The summed E-state index contributed by atoms with van der Waals surface area (Å²) in [5.41, 5.74) is 0. The van der Waals surface area contributed by atoms with Gasteiger partial charge >= 0.3 is 0 Å². The molecule has 0 aliphatic carbocycles. The van der Waals surface area contributed by atoms with Crippen molar-refractivity contribution in [3.63, 3.8) is 0 Å². The van der Waals surface area contributed by atoms with Crippen LogP contribution in [0, 0.1) is 5.92 Å². The standard InChI is InChI=1S/C15H17NO2S2/c17-20(18)6-5-12-8-16(10-15(12)20)9-13-7-11-3-1-2-4-14(11)19-13/h1-4,7,12,15H,5-6,8-10H2/t12-,15+/m0/s1. The Morgan fingerprint density at radius 3 is 2.90 bits per heavy atom. The summed E-state index contributed by atoms with van der Waals surface area (Å²) in [7, 11) is -2.81. The maximum absolute atomic E-state index is 12.0. The Balaban J connectivity index is 1.53. The van der Waals surface area contributed by atoms with E-state index >= 15 is 0 Å².